The number of alkyl halides is 8. The summed E-state index contributed by atoms with van der Waals surface area (Å²) in [6.07, 6.45) is 0. The van der Waals surface area contributed by atoms with Gasteiger partial charge in [0, 0.05) is 126 Å². The molecule has 0 N–H and O–H groups in total. The molecule has 0 aliphatic heterocycles. The fourth-order valence-electron chi connectivity index (χ4n) is 4.38. The van der Waals surface area contributed by atoms with Crippen molar-refractivity contribution >= 4 is 92.8 Å². The monoisotopic (exact) mass is 690 g/mol. The van der Waals surface area contributed by atoms with Crippen LogP contribution in [0.5, 0.6) is 0 Å². The van der Waals surface area contributed by atoms with E-state index < -0.39 is 0 Å². The van der Waals surface area contributed by atoms with Crippen LogP contribution < -0.4 is 0 Å². The summed E-state index contributed by atoms with van der Waals surface area (Å²) in [4.78, 5) is 9.22. The van der Waals surface area contributed by atoms with E-state index in [1.54, 1.807) is 0 Å². The minimum absolute atomic E-state index is 0.548. The minimum Gasteiger partial charge on any atom is -0.297 e. The van der Waals surface area contributed by atoms with Crippen molar-refractivity contribution in [1.82, 2.24) is 19.6 Å². The van der Waals surface area contributed by atoms with E-state index in [0.717, 1.165) is 78.5 Å². The maximum Gasteiger partial charge on any atom is 0.0351 e. The van der Waals surface area contributed by atoms with E-state index in [9.17, 15) is 0 Å². The number of hydrogen-bond acceptors (Lipinski definition) is 4. The molecule has 1 aromatic carbocycles. The highest BCUT2D eigenvalue weighted by Gasteiger charge is 2.19. The lowest BCUT2D eigenvalue weighted by Crippen LogP contribution is -2.32. The van der Waals surface area contributed by atoms with Crippen LogP contribution in [0.3, 0.4) is 0 Å². The van der Waals surface area contributed by atoms with Gasteiger partial charge in [-0.15, -0.1) is 92.8 Å². The van der Waals surface area contributed by atoms with Crippen LogP contribution in [0, 0.1) is 0 Å². The third-order valence-electron chi connectivity index (χ3n) is 6.30. The summed E-state index contributed by atoms with van der Waals surface area (Å²) >= 11 is 49.1. The zero-order chi connectivity index (χ0) is 28.2. The fourth-order valence-corrected chi connectivity index (χ4v) is 6.29. The Bertz CT molecular complexity index is 592. The normalized spacial score (nSPS) is 12.1. The second kappa shape index (κ2) is 23.9. The van der Waals surface area contributed by atoms with E-state index in [2.05, 4.69) is 31.7 Å². The molecular weight excluding hydrogens is 652 g/mol. The van der Waals surface area contributed by atoms with Gasteiger partial charge in [0.05, 0.1) is 0 Å². The number of halogens is 8. The second-order valence-electron chi connectivity index (χ2n) is 9.01. The molecule has 0 unspecified atom stereocenters. The van der Waals surface area contributed by atoms with E-state index in [0.29, 0.717) is 47.0 Å². The van der Waals surface area contributed by atoms with Crippen molar-refractivity contribution in [3.8, 4) is 0 Å². The van der Waals surface area contributed by atoms with Gasteiger partial charge in [0.25, 0.3) is 0 Å². The molecule has 1 aromatic rings. The van der Waals surface area contributed by atoms with E-state index in [1.165, 1.54) is 22.3 Å². The van der Waals surface area contributed by atoms with Crippen molar-refractivity contribution in [1.29, 1.82) is 0 Å². The first-order valence-corrected chi connectivity index (χ1v) is 17.3. The molecule has 0 fully saturated rings. The number of benzene rings is 1. The largest absolute Gasteiger partial charge is 0.297 e. The molecule has 0 saturated heterocycles. The van der Waals surface area contributed by atoms with E-state index in [1.807, 2.05) is 0 Å². The minimum atomic E-state index is 0.548. The van der Waals surface area contributed by atoms with Gasteiger partial charge >= 0.3 is 0 Å². The summed E-state index contributed by atoms with van der Waals surface area (Å²) in [6, 6.07) is 4.68. The highest BCUT2D eigenvalue weighted by atomic mass is 35.5. The number of rotatable bonds is 24. The molecule has 0 aliphatic rings. The van der Waals surface area contributed by atoms with Crippen molar-refractivity contribution in [3.05, 3.63) is 34.4 Å². The summed E-state index contributed by atoms with van der Waals surface area (Å²) in [5.41, 5.74) is 5.02. The first kappa shape index (κ1) is 37.4. The molecule has 0 amide bonds. The quantitative estimate of drug-likeness (QED) is 0.110. The summed E-state index contributed by atoms with van der Waals surface area (Å²) in [5, 5.41) is 0. The Morgan fingerprint density at radius 2 is 0.474 bits per heavy atom. The lowest BCUT2D eigenvalue weighted by Gasteiger charge is -2.29. The van der Waals surface area contributed by atoms with Crippen LogP contribution in [0.1, 0.15) is 22.3 Å². The van der Waals surface area contributed by atoms with Gasteiger partial charge in [0.2, 0.25) is 0 Å². The molecular formula is C26H42Cl8N4. The van der Waals surface area contributed by atoms with Crippen LogP contribution in [0.15, 0.2) is 12.1 Å². The standard InChI is InChI=1S/C26H42Cl8N4/c27-1-9-35(10-2-28)19-23-17-25(21-37(13-5-31)14-6-32)26(22-38(15-7-33)16-8-34)18-24(23)20-36(11-3-29)12-4-30/h17-18H,1-16,19-22H2. The maximum absolute atomic E-state index is 6.14. The average molecular weight is 694 g/mol. The molecule has 1 rings (SSSR count). The summed E-state index contributed by atoms with van der Waals surface area (Å²) in [7, 11) is 0. The highest BCUT2D eigenvalue weighted by molar-refractivity contribution is 6.19. The Morgan fingerprint density at radius 1 is 0.316 bits per heavy atom. The van der Waals surface area contributed by atoms with Crippen LogP contribution >= 0.6 is 92.8 Å². The third kappa shape index (κ3) is 15.0. The summed E-state index contributed by atoms with van der Waals surface area (Å²) in [6.45, 7) is 9.16. The smallest absolute Gasteiger partial charge is 0.0351 e. The lowest BCUT2D eigenvalue weighted by atomic mass is 9.96. The second-order valence-corrected chi connectivity index (χ2v) is 12.0. The Balaban J connectivity index is 3.61. The third-order valence-corrected chi connectivity index (χ3v) is 7.66. The van der Waals surface area contributed by atoms with Crippen LogP contribution in [-0.4, -0.2) is 119 Å². The van der Waals surface area contributed by atoms with Crippen LogP contribution in [0.25, 0.3) is 0 Å². The predicted octanol–water partition coefficient (Wildman–Crippen LogP) is 6.81. The molecule has 0 bridgehead atoms. The zero-order valence-electron chi connectivity index (χ0n) is 22.1. The molecule has 0 spiro atoms. The summed E-state index contributed by atoms with van der Waals surface area (Å²) in [5.74, 6) is 4.39. The van der Waals surface area contributed by atoms with Crippen molar-refractivity contribution in [2.24, 2.45) is 0 Å². The van der Waals surface area contributed by atoms with Crippen LogP contribution in [0.2, 0.25) is 0 Å². The topological polar surface area (TPSA) is 13.0 Å². The molecule has 4 nitrogen and oxygen atoms in total. The van der Waals surface area contributed by atoms with Crippen molar-refractivity contribution in [2.75, 3.05) is 99.4 Å². The first-order valence-electron chi connectivity index (χ1n) is 13.0. The van der Waals surface area contributed by atoms with Gasteiger partial charge in [-0.2, -0.15) is 0 Å². The molecule has 0 aromatic heterocycles. The molecule has 12 heteroatoms. The molecule has 0 heterocycles. The van der Waals surface area contributed by atoms with Crippen LogP contribution in [0.4, 0.5) is 0 Å². The Kier molecular flexibility index (Phi) is 23.5. The molecule has 222 valence electrons. The maximum atomic E-state index is 6.14. The predicted molar refractivity (Wildman–Crippen MR) is 173 cm³/mol. The van der Waals surface area contributed by atoms with Gasteiger partial charge in [0.1, 0.15) is 0 Å². The first-order chi connectivity index (χ1) is 18.5. The van der Waals surface area contributed by atoms with Gasteiger partial charge in [-0.3, -0.25) is 19.6 Å². The lowest BCUT2D eigenvalue weighted by molar-refractivity contribution is 0.276. The van der Waals surface area contributed by atoms with Gasteiger partial charge in [-0.1, -0.05) is 12.1 Å². The zero-order valence-corrected chi connectivity index (χ0v) is 28.2. The SMILES string of the molecule is ClCCN(CCCl)Cc1cc(CN(CCCl)CCCl)c(CN(CCCl)CCCl)cc1CN(CCCl)CCCl. The van der Waals surface area contributed by atoms with Crippen LogP contribution in [-0.2, 0) is 26.2 Å². The van der Waals surface area contributed by atoms with Gasteiger partial charge in [-0.05, 0) is 22.3 Å². The molecule has 0 aliphatic carbocycles. The number of hydrogen-bond donors (Lipinski definition) is 0. The van der Waals surface area contributed by atoms with E-state index >= 15 is 0 Å². The summed E-state index contributed by atoms with van der Waals surface area (Å²) < 4.78 is 0. The Hall–Kier alpha value is 1.38. The number of nitrogens with zero attached hydrogens (tertiary/aromatic N) is 4. The highest BCUT2D eigenvalue weighted by Crippen LogP contribution is 2.24. The Labute approximate surface area is 270 Å². The molecule has 38 heavy (non-hydrogen) atoms. The van der Waals surface area contributed by atoms with E-state index in [4.69, 9.17) is 92.8 Å². The fraction of sp³-hybridized carbons (Fsp3) is 0.769. The van der Waals surface area contributed by atoms with Crippen molar-refractivity contribution in [2.45, 2.75) is 26.2 Å². The van der Waals surface area contributed by atoms with Crippen molar-refractivity contribution < 1.29 is 0 Å². The van der Waals surface area contributed by atoms with Crippen molar-refractivity contribution in [3.63, 3.8) is 0 Å². The van der Waals surface area contributed by atoms with Gasteiger partial charge < -0.3 is 0 Å². The van der Waals surface area contributed by atoms with Gasteiger partial charge in [-0.25, -0.2) is 0 Å². The van der Waals surface area contributed by atoms with E-state index in [-0.39, 0.29) is 0 Å². The van der Waals surface area contributed by atoms with Gasteiger partial charge in [0.15, 0.2) is 0 Å². The molecule has 0 saturated carbocycles. The average Bonchev–Trinajstić information content (AvgIpc) is 2.87. The molecule has 0 atom stereocenters. The molecule has 0 radical (unpaired) electrons. The Morgan fingerprint density at radius 3 is 0.605 bits per heavy atom.